The van der Waals surface area contributed by atoms with Crippen molar-refractivity contribution in [1.29, 1.82) is 0 Å². The predicted octanol–water partition coefficient (Wildman–Crippen LogP) is 23.1. The van der Waals surface area contributed by atoms with Crippen LogP contribution in [0.5, 0.6) is 0 Å². The number of esters is 2. The van der Waals surface area contributed by atoms with Gasteiger partial charge in [-0.05, 0) is 70.6 Å². The first-order valence-corrected chi connectivity index (χ1v) is 37.2. The van der Waals surface area contributed by atoms with Gasteiger partial charge in [-0.15, -0.1) is 0 Å². The molecule has 9 nitrogen and oxygen atoms in total. The van der Waals surface area contributed by atoms with Gasteiger partial charge in [-0.1, -0.05) is 326 Å². The monoisotopic (exact) mass is 1200 g/mol. The molecule has 0 amide bonds. The van der Waals surface area contributed by atoms with Crippen LogP contribution in [-0.4, -0.2) is 87.4 Å². The van der Waals surface area contributed by atoms with Gasteiger partial charge in [-0.3, -0.25) is 9.59 Å². The van der Waals surface area contributed by atoms with Crippen LogP contribution in [0.3, 0.4) is 0 Å². The highest BCUT2D eigenvalue weighted by Gasteiger charge is 2.25. The number of carboxylic acid groups (broad SMARTS) is 1. The third-order valence-electron chi connectivity index (χ3n) is 16.9. The van der Waals surface area contributed by atoms with Crippen LogP contribution < -0.4 is 0 Å². The van der Waals surface area contributed by atoms with E-state index in [1.54, 1.807) is 0 Å². The van der Waals surface area contributed by atoms with E-state index in [0.29, 0.717) is 17.4 Å². The summed E-state index contributed by atoms with van der Waals surface area (Å²) in [5.74, 6) is -1.99. The molecule has 1 N–H and O–H groups in total. The van der Waals surface area contributed by atoms with Gasteiger partial charge in [0.25, 0.3) is 6.29 Å². The summed E-state index contributed by atoms with van der Waals surface area (Å²) in [7, 11) is 5.98. The number of quaternary nitrogens is 1. The summed E-state index contributed by atoms with van der Waals surface area (Å²) >= 11 is 0. The number of unbranched alkanes of at least 4 members (excludes halogenated alkanes) is 49. The van der Waals surface area contributed by atoms with Gasteiger partial charge >= 0.3 is 17.9 Å². The summed E-state index contributed by atoms with van der Waals surface area (Å²) < 4.78 is 23.0. The highest BCUT2D eigenvalue weighted by Crippen LogP contribution is 2.19. The third-order valence-corrected chi connectivity index (χ3v) is 16.9. The number of likely N-dealkylation sites (N-methyl/N-ethyl adjacent to an activating group) is 1. The Hall–Kier alpha value is -2.49. The number of carbonyl (C=O) groups excluding carboxylic acids is 2. The number of aliphatic carboxylic acids is 1. The molecular formula is C76H144NO8+. The molecule has 0 aliphatic rings. The minimum atomic E-state index is -1.51. The molecule has 0 saturated heterocycles. The number of carboxylic acids is 1. The number of hydrogen-bond acceptors (Lipinski definition) is 7. The molecule has 0 heterocycles. The average Bonchev–Trinajstić information content (AvgIpc) is 3.48. The maximum Gasteiger partial charge on any atom is 0.361 e. The normalized spacial score (nSPS) is 12.8. The van der Waals surface area contributed by atoms with Crippen molar-refractivity contribution in [2.75, 3.05) is 47.5 Å². The number of ether oxygens (including phenoxy) is 4. The molecule has 0 aliphatic heterocycles. The molecule has 0 bridgehead atoms. The summed E-state index contributed by atoms with van der Waals surface area (Å²) in [5.41, 5.74) is 0. The number of hydrogen-bond donors (Lipinski definition) is 1. The first kappa shape index (κ1) is 82.5. The zero-order valence-electron chi connectivity index (χ0n) is 57.3. The quantitative estimate of drug-likeness (QED) is 0.0211. The van der Waals surface area contributed by atoms with E-state index in [1.807, 2.05) is 21.1 Å². The minimum absolute atomic E-state index is 0.179. The second kappa shape index (κ2) is 67.4. The van der Waals surface area contributed by atoms with E-state index in [-0.39, 0.29) is 32.2 Å². The van der Waals surface area contributed by atoms with E-state index >= 15 is 0 Å². The number of carbonyl (C=O) groups is 3. The van der Waals surface area contributed by atoms with Gasteiger partial charge in [0.1, 0.15) is 13.2 Å². The van der Waals surface area contributed by atoms with Gasteiger partial charge in [0.15, 0.2) is 6.10 Å². The molecule has 500 valence electrons. The molecule has 0 aliphatic carbocycles. The lowest BCUT2D eigenvalue weighted by atomic mass is 10.0. The highest BCUT2D eigenvalue weighted by atomic mass is 16.7. The fraction of sp³-hybridized carbons (Fsp3) is 0.882. The SMILES string of the molecule is CCCCC/C=C\C/C=C\CCCCCCCCCCCC(=O)OC(COC(=O)CCCCCCCCCCCCCCCCCCCCCCCCCCCCCCC/C=C\CCCCCCCCCC)COC(OCC[N+](C)(C)C)C(=O)O. The summed E-state index contributed by atoms with van der Waals surface area (Å²) in [6, 6.07) is 0. The predicted molar refractivity (Wildman–Crippen MR) is 364 cm³/mol. The summed E-state index contributed by atoms with van der Waals surface area (Å²) in [6.45, 7) is 4.90. The van der Waals surface area contributed by atoms with Crippen LogP contribution in [0, 0.1) is 0 Å². The van der Waals surface area contributed by atoms with E-state index in [1.165, 1.54) is 295 Å². The van der Waals surface area contributed by atoms with Crippen molar-refractivity contribution in [1.82, 2.24) is 0 Å². The van der Waals surface area contributed by atoms with Gasteiger partial charge in [-0.25, -0.2) is 4.79 Å². The Balaban J connectivity index is 3.90. The standard InChI is InChI=1S/C76H143NO8/c1-6-8-10-12-14-16-18-20-22-24-26-27-28-29-30-31-32-33-34-35-36-37-38-39-40-41-42-43-44-45-46-47-49-50-52-54-56-58-60-62-64-66-73(78)83-70-72(71-84-76(75(80)81)82-69-68-77(3,4)5)85-74(79)67-65-63-61-59-57-55-53-51-48-25-23-21-19-17-15-13-11-9-7-2/h15,17,21,23-24,26,72,76H,6-14,16,18-20,22,25,27-71H2,1-5H3/p+1/b17-15-,23-21-,26-24-. The van der Waals surface area contributed by atoms with Crippen LogP contribution in [-0.2, 0) is 33.3 Å². The molecule has 0 saturated carbocycles. The summed E-state index contributed by atoms with van der Waals surface area (Å²) in [6.07, 6.45) is 83.0. The molecule has 2 unspecified atom stereocenters. The second-order valence-electron chi connectivity index (χ2n) is 26.6. The summed E-state index contributed by atoms with van der Waals surface area (Å²) in [5, 5.41) is 9.74. The van der Waals surface area contributed by atoms with Gasteiger partial charge in [-0.2, -0.15) is 0 Å². The van der Waals surface area contributed by atoms with Crippen LogP contribution in [0.15, 0.2) is 36.5 Å². The van der Waals surface area contributed by atoms with Crippen LogP contribution in [0.2, 0.25) is 0 Å². The maximum atomic E-state index is 12.9. The first-order valence-electron chi connectivity index (χ1n) is 37.2. The van der Waals surface area contributed by atoms with Crippen LogP contribution in [0.4, 0.5) is 0 Å². The van der Waals surface area contributed by atoms with Gasteiger partial charge in [0.2, 0.25) is 0 Å². The zero-order valence-corrected chi connectivity index (χ0v) is 57.3. The Labute approximate surface area is 528 Å². The van der Waals surface area contributed by atoms with E-state index in [4.69, 9.17) is 18.9 Å². The lowest BCUT2D eigenvalue weighted by molar-refractivity contribution is -0.870. The Morgan fingerprint density at radius 2 is 0.635 bits per heavy atom. The fourth-order valence-corrected chi connectivity index (χ4v) is 11.2. The van der Waals surface area contributed by atoms with Crippen molar-refractivity contribution in [3.63, 3.8) is 0 Å². The molecule has 0 spiro atoms. The van der Waals surface area contributed by atoms with Crippen molar-refractivity contribution >= 4 is 17.9 Å². The van der Waals surface area contributed by atoms with Crippen LogP contribution in [0.1, 0.15) is 373 Å². The molecule has 9 heteroatoms. The second-order valence-corrected chi connectivity index (χ2v) is 26.6. The Kier molecular flexibility index (Phi) is 65.5. The summed E-state index contributed by atoms with van der Waals surface area (Å²) in [4.78, 5) is 37.6. The number of nitrogens with zero attached hydrogens (tertiary/aromatic N) is 1. The van der Waals surface area contributed by atoms with E-state index in [2.05, 4.69) is 50.3 Å². The molecule has 0 radical (unpaired) electrons. The topological polar surface area (TPSA) is 108 Å². The largest absolute Gasteiger partial charge is 0.477 e. The fourth-order valence-electron chi connectivity index (χ4n) is 11.2. The van der Waals surface area contributed by atoms with Crippen molar-refractivity contribution in [3.05, 3.63) is 36.5 Å². The third kappa shape index (κ3) is 68.9. The minimum Gasteiger partial charge on any atom is -0.477 e. The maximum absolute atomic E-state index is 12.9. The van der Waals surface area contributed by atoms with Gasteiger partial charge in [0, 0.05) is 12.8 Å². The molecule has 0 rings (SSSR count). The zero-order chi connectivity index (χ0) is 61.9. The van der Waals surface area contributed by atoms with Crippen LogP contribution >= 0.6 is 0 Å². The molecule has 2 atom stereocenters. The van der Waals surface area contributed by atoms with Crippen molar-refractivity contribution in [2.45, 2.75) is 386 Å². The van der Waals surface area contributed by atoms with Crippen molar-refractivity contribution in [3.8, 4) is 0 Å². The number of allylic oxidation sites excluding steroid dienone is 6. The average molecular weight is 1200 g/mol. The Morgan fingerprint density at radius 1 is 0.353 bits per heavy atom. The van der Waals surface area contributed by atoms with E-state index < -0.39 is 24.3 Å². The molecular weight excluding hydrogens is 1050 g/mol. The molecule has 85 heavy (non-hydrogen) atoms. The van der Waals surface area contributed by atoms with Crippen molar-refractivity contribution in [2.24, 2.45) is 0 Å². The Bertz CT molecular complexity index is 1490. The number of rotatable bonds is 70. The lowest BCUT2D eigenvalue weighted by Gasteiger charge is -2.25. The van der Waals surface area contributed by atoms with E-state index in [9.17, 15) is 19.5 Å². The molecule has 0 aromatic carbocycles. The smallest absolute Gasteiger partial charge is 0.361 e. The lowest BCUT2D eigenvalue weighted by Crippen LogP contribution is -2.40. The van der Waals surface area contributed by atoms with Gasteiger partial charge in [0.05, 0.1) is 34.4 Å². The molecule has 0 aromatic rings. The Morgan fingerprint density at radius 3 is 0.965 bits per heavy atom. The molecule has 0 aromatic heterocycles. The highest BCUT2D eigenvalue weighted by molar-refractivity contribution is 5.71. The van der Waals surface area contributed by atoms with Gasteiger partial charge < -0.3 is 28.5 Å². The first-order chi connectivity index (χ1) is 41.6. The van der Waals surface area contributed by atoms with Crippen molar-refractivity contribution < 1.29 is 42.9 Å². The van der Waals surface area contributed by atoms with Crippen LogP contribution in [0.25, 0.3) is 0 Å². The molecule has 0 fully saturated rings. The van der Waals surface area contributed by atoms with E-state index in [0.717, 1.165) is 51.4 Å².